The molecule has 1 saturated heterocycles. The molecule has 0 saturated carbocycles. The van der Waals surface area contributed by atoms with Gasteiger partial charge in [-0.3, -0.25) is 9.59 Å². The average Bonchev–Trinajstić information content (AvgIpc) is 4.26. The average molecular weight is 1060 g/mol. The van der Waals surface area contributed by atoms with Gasteiger partial charge in [0.2, 0.25) is 0 Å². The summed E-state index contributed by atoms with van der Waals surface area (Å²) in [6.45, 7) is 25.5. The van der Waals surface area contributed by atoms with E-state index in [1.165, 1.54) is 22.3 Å². The Labute approximate surface area is 458 Å². The van der Waals surface area contributed by atoms with Gasteiger partial charge >= 0.3 is 11.9 Å². The first-order valence-electron chi connectivity index (χ1n) is 28.2. The molecule has 416 valence electrons. The fourth-order valence-electron chi connectivity index (χ4n) is 11.3. The Kier molecular flexibility index (Phi) is 20.3. The van der Waals surface area contributed by atoms with Gasteiger partial charge in [0.1, 0.15) is 65.1 Å². The smallest absolute Gasteiger partial charge is 0.306 e. The third-order valence-corrected chi connectivity index (χ3v) is 16.9. The summed E-state index contributed by atoms with van der Waals surface area (Å²) in [5.41, 5.74) is 9.15. The highest BCUT2D eigenvalue weighted by atomic mass is 16.6. The lowest BCUT2D eigenvalue weighted by Crippen LogP contribution is -2.26. The number of aliphatic hydroxyl groups excluding tert-OH is 1. The molecule has 4 N–H and O–H groups in total. The second kappa shape index (κ2) is 26.0. The number of carboxylic acids is 1. The fourth-order valence-corrected chi connectivity index (χ4v) is 11.3. The molecule has 0 aliphatic carbocycles. The Morgan fingerprint density at radius 1 is 0.571 bits per heavy atom. The zero-order chi connectivity index (χ0) is 56.3. The van der Waals surface area contributed by atoms with Crippen LogP contribution in [0.4, 0.5) is 0 Å². The van der Waals surface area contributed by atoms with Crippen LogP contribution in [-0.2, 0) is 36.4 Å². The van der Waals surface area contributed by atoms with Crippen LogP contribution in [0, 0.1) is 27.7 Å². The molecular weight excluding hydrogens is 969 g/mol. The van der Waals surface area contributed by atoms with E-state index >= 15 is 0 Å². The number of carbonyl (C=O) groups excluding carboxylic acids is 1. The van der Waals surface area contributed by atoms with E-state index in [1.54, 1.807) is 0 Å². The Morgan fingerprint density at radius 3 is 1.32 bits per heavy atom. The van der Waals surface area contributed by atoms with Crippen LogP contribution >= 0.6 is 0 Å². The van der Waals surface area contributed by atoms with Crippen LogP contribution in [0.3, 0.4) is 0 Å². The predicted molar refractivity (Wildman–Crippen MR) is 305 cm³/mol. The van der Waals surface area contributed by atoms with E-state index in [-0.39, 0.29) is 42.4 Å². The molecule has 1 aliphatic rings. The standard InChI is InChI=1S/C33H44O6.C33H42O5/c1-7-32(8-2,25-12-15-28(23(6)20-25)38-21-26(34)13-18-31(35)36)24-11-14-27(22(5)19-24)29-16-17-30(39-29)33(37,9-3)10-4;1-7-32(8-2,25-12-15-28(23(6)20-25)36-21-26-13-18-31(34)37-26)24-11-14-27(22(5)19-24)29-16-17-30(38-29)33(35,9-3)10-4/h11-12,14-17,19-20,26,34,37H,7-10,13,18,21H2,1-6H3,(H,35,36);11-12,14-17,19-20,26,35H,7-10,13,18,21H2,1-6H3/t2*26-/m11/s1. The maximum atomic E-state index is 11.4. The van der Waals surface area contributed by atoms with Crippen molar-refractivity contribution in [1.29, 1.82) is 0 Å². The number of carbonyl (C=O) groups is 2. The molecule has 2 aromatic heterocycles. The Morgan fingerprint density at radius 2 is 0.974 bits per heavy atom. The molecule has 1 fully saturated rings. The van der Waals surface area contributed by atoms with Gasteiger partial charge in [-0.15, -0.1) is 0 Å². The Balaban J connectivity index is 0.000000250. The molecule has 0 spiro atoms. The van der Waals surface area contributed by atoms with Crippen LogP contribution in [0.25, 0.3) is 22.6 Å². The molecule has 7 rings (SSSR count). The van der Waals surface area contributed by atoms with Crippen molar-refractivity contribution in [2.45, 2.75) is 194 Å². The SMILES string of the molecule is CCC(O)(CC)c1ccc(-c2ccc(C(CC)(CC)c3ccc(OC[C@H](O)CCC(=O)O)c(C)c3)cc2C)o1.CCC(O)(CC)c1ccc(-c2ccc(C(CC)(CC)c3ccc(OC[C@H]4CCC(=O)O4)c(C)c3)cc2C)o1. The van der Waals surface area contributed by atoms with E-state index < -0.39 is 23.3 Å². The molecule has 3 heterocycles. The van der Waals surface area contributed by atoms with Crippen LogP contribution in [0.2, 0.25) is 0 Å². The second-order valence-electron chi connectivity index (χ2n) is 21.3. The lowest BCUT2D eigenvalue weighted by Gasteiger charge is -2.34. The van der Waals surface area contributed by atoms with Gasteiger partial charge in [0, 0.05) is 34.8 Å². The van der Waals surface area contributed by atoms with Gasteiger partial charge in [0.05, 0.1) is 6.10 Å². The summed E-state index contributed by atoms with van der Waals surface area (Å²) < 4.78 is 29.5. The fraction of sp³-hybridized carbons (Fsp3) is 0.485. The number of aryl methyl sites for hydroxylation is 4. The van der Waals surface area contributed by atoms with Crippen molar-refractivity contribution in [3.63, 3.8) is 0 Å². The Bertz CT molecular complexity index is 2900. The van der Waals surface area contributed by atoms with Crippen LogP contribution in [0.5, 0.6) is 11.5 Å². The summed E-state index contributed by atoms with van der Waals surface area (Å²) in [7, 11) is 0. The third-order valence-electron chi connectivity index (χ3n) is 16.9. The molecule has 6 aromatic rings. The van der Waals surface area contributed by atoms with Crippen molar-refractivity contribution in [2.75, 3.05) is 13.2 Å². The number of aliphatic carboxylic acids is 1. The molecule has 0 amide bonds. The summed E-state index contributed by atoms with van der Waals surface area (Å²) in [6.07, 6.45) is 6.46. The highest BCUT2D eigenvalue weighted by Crippen LogP contribution is 2.45. The van der Waals surface area contributed by atoms with Crippen molar-refractivity contribution in [3.05, 3.63) is 153 Å². The molecule has 11 nitrogen and oxygen atoms in total. The van der Waals surface area contributed by atoms with Gasteiger partial charge in [-0.05, 0) is 173 Å². The predicted octanol–water partition coefficient (Wildman–Crippen LogP) is 15.0. The van der Waals surface area contributed by atoms with E-state index in [1.807, 2.05) is 65.0 Å². The number of aliphatic hydroxyl groups is 3. The zero-order valence-corrected chi connectivity index (χ0v) is 47.9. The molecule has 2 atom stereocenters. The molecule has 0 radical (unpaired) electrons. The minimum atomic E-state index is -0.948. The summed E-state index contributed by atoms with van der Waals surface area (Å²) >= 11 is 0. The number of ether oxygens (including phenoxy) is 3. The highest BCUT2D eigenvalue weighted by molar-refractivity contribution is 5.71. The number of esters is 1. The summed E-state index contributed by atoms with van der Waals surface area (Å²) in [5, 5.41) is 40.6. The number of furan rings is 2. The van der Waals surface area contributed by atoms with Crippen LogP contribution in [0.1, 0.15) is 188 Å². The maximum absolute atomic E-state index is 11.4. The van der Waals surface area contributed by atoms with Gasteiger partial charge in [-0.2, -0.15) is 0 Å². The van der Waals surface area contributed by atoms with Crippen molar-refractivity contribution < 1.29 is 53.1 Å². The first kappa shape index (κ1) is 60.1. The molecule has 1 aliphatic heterocycles. The number of rotatable bonds is 25. The van der Waals surface area contributed by atoms with Crippen molar-refractivity contribution in [3.8, 4) is 34.1 Å². The quantitative estimate of drug-likeness (QED) is 0.0403. The third kappa shape index (κ3) is 13.2. The lowest BCUT2D eigenvalue weighted by atomic mass is 9.70. The molecule has 0 bridgehead atoms. The highest BCUT2D eigenvalue weighted by Gasteiger charge is 2.35. The van der Waals surface area contributed by atoms with Gasteiger partial charge < -0.3 is 43.5 Å². The largest absolute Gasteiger partial charge is 0.491 e. The topological polar surface area (TPSA) is 169 Å². The van der Waals surface area contributed by atoms with Gasteiger partial charge in [-0.25, -0.2) is 0 Å². The van der Waals surface area contributed by atoms with Gasteiger partial charge in [0.25, 0.3) is 0 Å². The number of hydrogen-bond acceptors (Lipinski definition) is 10. The van der Waals surface area contributed by atoms with Crippen molar-refractivity contribution >= 4 is 11.9 Å². The monoisotopic (exact) mass is 1050 g/mol. The first-order chi connectivity index (χ1) is 36.7. The number of carboxylic acid groups (broad SMARTS) is 1. The lowest BCUT2D eigenvalue weighted by molar-refractivity contribution is -0.142. The van der Waals surface area contributed by atoms with Crippen molar-refractivity contribution in [2.24, 2.45) is 0 Å². The number of cyclic esters (lactones) is 1. The van der Waals surface area contributed by atoms with E-state index in [4.69, 9.17) is 28.2 Å². The molecule has 77 heavy (non-hydrogen) atoms. The first-order valence-corrected chi connectivity index (χ1v) is 28.2. The molecule has 11 heteroatoms. The molecular formula is C66H86O11. The minimum Gasteiger partial charge on any atom is -0.491 e. The van der Waals surface area contributed by atoms with Gasteiger partial charge in [-0.1, -0.05) is 116 Å². The van der Waals surface area contributed by atoms with Crippen molar-refractivity contribution in [1.82, 2.24) is 0 Å². The summed E-state index contributed by atoms with van der Waals surface area (Å²) in [6, 6.07) is 33.6. The molecule has 0 unspecified atom stereocenters. The minimum absolute atomic E-state index is 0.0588. The van der Waals surface area contributed by atoms with E-state index in [2.05, 4.69) is 115 Å². The van der Waals surface area contributed by atoms with Crippen LogP contribution < -0.4 is 9.47 Å². The van der Waals surface area contributed by atoms with E-state index in [0.717, 1.165) is 82.8 Å². The number of hydrogen-bond donors (Lipinski definition) is 4. The Hall–Kier alpha value is -6.14. The summed E-state index contributed by atoms with van der Waals surface area (Å²) in [5.74, 6) is 3.23. The van der Waals surface area contributed by atoms with Gasteiger partial charge in [0.15, 0.2) is 0 Å². The van der Waals surface area contributed by atoms with E-state index in [0.29, 0.717) is 56.0 Å². The number of benzene rings is 4. The second-order valence-corrected chi connectivity index (χ2v) is 21.3. The maximum Gasteiger partial charge on any atom is 0.306 e. The summed E-state index contributed by atoms with van der Waals surface area (Å²) in [4.78, 5) is 22.1. The van der Waals surface area contributed by atoms with E-state index in [9.17, 15) is 24.9 Å². The van der Waals surface area contributed by atoms with Crippen LogP contribution in [-0.4, -0.2) is 57.8 Å². The van der Waals surface area contributed by atoms with Crippen LogP contribution in [0.15, 0.2) is 106 Å². The zero-order valence-electron chi connectivity index (χ0n) is 47.9. The normalized spacial score (nSPS) is 14.5. The molecule has 4 aromatic carbocycles.